The molecule has 0 bridgehead atoms. The molecule has 142 valence electrons. The van der Waals surface area contributed by atoms with Gasteiger partial charge in [-0.1, -0.05) is 36.9 Å². The van der Waals surface area contributed by atoms with Gasteiger partial charge in [-0.05, 0) is 19.1 Å². The van der Waals surface area contributed by atoms with E-state index in [4.69, 9.17) is 9.47 Å². The molecule has 0 amide bonds. The lowest BCUT2D eigenvalue weighted by molar-refractivity contribution is -0.142. The zero-order valence-corrected chi connectivity index (χ0v) is 14.7. The molecule has 2 rings (SSSR count). The van der Waals surface area contributed by atoms with Crippen molar-refractivity contribution in [2.45, 2.75) is 13.0 Å². The molecule has 27 heavy (non-hydrogen) atoms. The highest BCUT2D eigenvalue weighted by Gasteiger charge is 2.20. The van der Waals surface area contributed by atoms with Gasteiger partial charge in [-0.15, -0.1) is 0 Å². The van der Waals surface area contributed by atoms with Crippen LogP contribution in [0.15, 0.2) is 54.6 Å². The van der Waals surface area contributed by atoms with Gasteiger partial charge in [0.2, 0.25) is 5.75 Å². The minimum absolute atomic E-state index is 0.0815. The van der Waals surface area contributed by atoms with Crippen LogP contribution in [0.25, 0.3) is 0 Å². The maximum atomic E-state index is 12.4. The van der Waals surface area contributed by atoms with Gasteiger partial charge in [0.15, 0.2) is 17.3 Å². The van der Waals surface area contributed by atoms with Gasteiger partial charge in [-0.2, -0.15) is 0 Å². The molecule has 0 heterocycles. The molecule has 7 heteroatoms. The summed E-state index contributed by atoms with van der Waals surface area (Å²) in [6, 6.07) is 10.9. The van der Waals surface area contributed by atoms with Gasteiger partial charge in [-0.3, -0.25) is 4.79 Å². The molecule has 2 aromatic rings. The van der Waals surface area contributed by atoms with Gasteiger partial charge in [0.1, 0.15) is 19.3 Å². The largest absolute Gasteiger partial charge is 0.504 e. The number of hydrogen-bond acceptors (Lipinski definition) is 7. The number of hydrogen-bond donors (Lipinski definition) is 3. The second-order valence-corrected chi connectivity index (χ2v) is 5.85. The number of aromatic hydroxyl groups is 2. The predicted octanol–water partition coefficient (Wildman–Crippen LogP) is 2.19. The number of carbonyl (C=O) groups excluding carboxylic acids is 2. The first-order valence-corrected chi connectivity index (χ1v) is 8.09. The molecule has 2 aromatic carbocycles. The van der Waals surface area contributed by atoms with Gasteiger partial charge in [0.05, 0.1) is 5.56 Å². The van der Waals surface area contributed by atoms with Crippen molar-refractivity contribution in [2.75, 3.05) is 13.2 Å². The molecule has 0 saturated heterocycles. The number of phenolic OH excluding ortho intramolecular Hbond substituents is 2. The van der Waals surface area contributed by atoms with E-state index in [0.717, 1.165) is 0 Å². The molecule has 7 nitrogen and oxygen atoms in total. The number of aliphatic hydroxyl groups excluding tert-OH is 1. The topological polar surface area (TPSA) is 113 Å². The Morgan fingerprint density at radius 3 is 2.33 bits per heavy atom. The Balaban J connectivity index is 2.03. The first-order valence-electron chi connectivity index (χ1n) is 8.09. The van der Waals surface area contributed by atoms with Gasteiger partial charge in [0.25, 0.3) is 0 Å². The maximum Gasteiger partial charge on any atom is 0.333 e. The Labute approximate surface area is 156 Å². The molecule has 1 atom stereocenters. The lowest BCUT2D eigenvalue weighted by Crippen LogP contribution is -2.25. The molecular formula is C20H20O7. The molecule has 0 aliphatic carbocycles. The van der Waals surface area contributed by atoms with Crippen molar-refractivity contribution in [3.05, 3.63) is 65.7 Å². The highest BCUT2D eigenvalue weighted by molar-refractivity contribution is 6.11. The van der Waals surface area contributed by atoms with Crippen molar-refractivity contribution in [1.82, 2.24) is 0 Å². The Morgan fingerprint density at radius 2 is 1.70 bits per heavy atom. The molecule has 1 unspecified atom stereocenters. The quantitative estimate of drug-likeness (QED) is 0.282. The van der Waals surface area contributed by atoms with E-state index in [-0.39, 0.29) is 30.1 Å². The Kier molecular flexibility index (Phi) is 6.56. The zero-order valence-electron chi connectivity index (χ0n) is 14.7. The third-order valence-electron chi connectivity index (χ3n) is 3.58. The van der Waals surface area contributed by atoms with Crippen LogP contribution in [0.1, 0.15) is 22.8 Å². The van der Waals surface area contributed by atoms with E-state index in [0.29, 0.717) is 5.56 Å². The first kappa shape index (κ1) is 20.0. The third kappa shape index (κ3) is 5.08. The standard InChI is InChI=1S/C20H20O7/c1-12(2)20(25)27-11-14(21)10-26-16-9-8-15(18(23)19(16)24)17(22)13-6-4-3-5-7-13/h3-9,14,21,23-24H,1,10-11H2,2H3. The van der Waals surface area contributed by atoms with E-state index >= 15 is 0 Å². The number of carbonyl (C=O) groups is 2. The molecular weight excluding hydrogens is 352 g/mol. The summed E-state index contributed by atoms with van der Waals surface area (Å²) >= 11 is 0. The molecule has 0 spiro atoms. The molecule has 0 aromatic heterocycles. The van der Waals surface area contributed by atoms with Crippen LogP contribution < -0.4 is 4.74 Å². The van der Waals surface area contributed by atoms with Crippen LogP contribution in [0.5, 0.6) is 17.2 Å². The van der Waals surface area contributed by atoms with Gasteiger partial charge < -0.3 is 24.8 Å². The normalized spacial score (nSPS) is 11.5. The van der Waals surface area contributed by atoms with E-state index in [1.165, 1.54) is 19.1 Å². The molecule has 0 saturated carbocycles. The van der Waals surface area contributed by atoms with Gasteiger partial charge in [-0.25, -0.2) is 4.79 Å². The maximum absolute atomic E-state index is 12.4. The lowest BCUT2D eigenvalue weighted by atomic mass is 10.0. The number of aliphatic hydroxyl groups is 1. The van der Waals surface area contributed by atoms with Crippen LogP contribution in [0.2, 0.25) is 0 Å². The fraction of sp³-hybridized carbons (Fsp3) is 0.200. The second kappa shape index (κ2) is 8.86. The van der Waals surface area contributed by atoms with E-state index in [9.17, 15) is 24.9 Å². The van der Waals surface area contributed by atoms with E-state index in [1.807, 2.05) is 0 Å². The van der Waals surface area contributed by atoms with Crippen LogP contribution in [-0.2, 0) is 9.53 Å². The summed E-state index contributed by atoms with van der Waals surface area (Å²) in [5.41, 5.74) is 0.474. The van der Waals surface area contributed by atoms with Crippen LogP contribution >= 0.6 is 0 Å². The molecule has 0 aliphatic heterocycles. The molecule has 0 radical (unpaired) electrons. The molecule has 3 N–H and O–H groups in total. The van der Waals surface area contributed by atoms with Crippen molar-refractivity contribution in [2.24, 2.45) is 0 Å². The summed E-state index contributed by atoms with van der Waals surface area (Å²) in [7, 11) is 0. The molecule has 0 aliphatic rings. The van der Waals surface area contributed by atoms with Gasteiger partial charge >= 0.3 is 5.97 Å². The summed E-state index contributed by atoms with van der Waals surface area (Å²) in [6.45, 7) is 4.27. The van der Waals surface area contributed by atoms with Crippen LogP contribution in [0.3, 0.4) is 0 Å². The predicted molar refractivity (Wildman–Crippen MR) is 96.9 cm³/mol. The highest BCUT2D eigenvalue weighted by Crippen LogP contribution is 2.38. The zero-order chi connectivity index (χ0) is 20.0. The van der Waals surface area contributed by atoms with Crippen LogP contribution in [0.4, 0.5) is 0 Å². The van der Waals surface area contributed by atoms with E-state index in [2.05, 4.69) is 6.58 Å². The van der Waals surface area contributed by atoms with E-state index < -0.39 is 29.4 Å². The monoisotopic (exact) mass is 372 g/mol. The summed E-state index contributed by atoms with van der Waals surface area (Å²) in [5, 5.41) is 30.0. The smallest absolute Gasteiger partial charge is 0.333 e. The van der Waals surface area contributed by atoms with Crippen molar-refractivity contribution in [3.8, 4) is 17.2 Å². The number of esters is 1. The lowest BCUT2D eigenvalue weighted by Gasteiger charge is -2.15. The number of ketones is 1. The highest BCUT2D eigenvalue weighted by atomic mass is 16.5. The van der Waals surface area contributed by atoms with Crippen molar-refractivity contribution < 1.29 is 34.4 Å². The average Bonchev–Trinajstić information content (AvgIpc) is 2.67. The fourth-order valence-electron chi connectivity index (χ4n) is 2.14. The summed E-state index contributed by atoms with van der Waals surface area (Å²) in [5.74, 6) is -2.46. The van der Waals surface area contributed by atoms with Crippen molar-refractivity contribution in [3.63, 3.8) is 0 Å². The Morgan fingerprint density at radius 1 is 1.04 bits per heavy atom. The Bertz CT molecular complexity index is 843. The number of rotatable bonds is 8. The van der Waals surface area contributed by atoms with Gasteiger partial charge in [0, 0.05) is 11.1 Å². The van der Waals surface area contributed by atoms with Crippen molar-refractivity contribution in [1.29, 1.82) is 0 Å². The summed E-state index contributed by atoms with van der Waals surface area (Å²) in [4.78, 5) is 23.7. The van der Waals surface area contributed by atoms with Crippen LogP contribution in [0, 0.1) is 0 Å². The SMILES string of the molecule is C=C(C)C(=O)OCC(O)COc1ccc(C(=O)c2ccccc2)c(O)c1O. The molecule has 0 fully saturated rings. The summed E-state index contributed by atoms with van der Waals surface area (Å²) < 4.78 is 10.0. The minimum Gasteiger partial charge on any atom is -0.504 e. The number of phenols is 2. The first-order chi connectivity index (χ1) is 12.8. The fourth-order valence-corrected chi connectivity index (χ4v) is 2.14. The number of benzene rings is 2. The summed E-state index contributed by atoms with van der Waals surface area (Å²) in [6.07, 6.45) is -1.15. The van der Waals surface area contributed by atoms with Crippen LogP contribution in [-0.4, -0.2) is 46.4 Å². The third-order valence-corrected chi connectivity index (χ3v) is 3.58. The minimum atomic E-state index is -1.15. The van der Waals surface area contributed by atoms with Crippen molar-refractivity contribution >= 4 is 11.8 Å². The Hall–Kier alpha value is -3.32. The average molecular weight is 372 g/mol. The second-order valence-electron chi connectivity index (χ2n) is 5.85. The van der Waals surface area contributed by atoms with E-state index in [1.54, 1.807) is 30.3 Å². The number of ether oxygens (including phenoxy) is 2.